The van der Waals surface area contributed by atoms with Crippen LogP contribution in [0.15, 0.2) is 30.3 Å². The molecule has 110 valence electrons. The molecule has 1 fully saturated rings. The van der Waals surface area contributed by atoms with E-state index in [1.165, 1.54) is 48.3 Å². The fourth-order valence-corrected chi connectivity index (χ4v) is 4.34. The number of hydrogen-bond donors (Lipinski definition) is 0. The van der Waals surface area contributed by atoms with Gasteiger partial charge in [0.25, 0.3) is 0 Å². The van der Waals surface area contributed by atoms with E-state index in [1.807, 2.05) is 11.8 Å². The average Bonchev–Trinajstić information content (AvgIpc) is 2.46. The zero-order valence-electron chi connectivity index (χ0n) is 12.7. The summed E-state index contributed by atoms with van der Waals surface area (Å²) in [7, 11) is 0. The molecular weight excluding hydrogens is 280 g/mol. The van der Waals surface area contributed by atoms with Gasteiger partial charge >= 0.3 is 0 Å². The van der Waals surface area contributed by atoms with Crippen LogP contribution < -0.4 is 0 Å². The first kappa shape index (κ1) is 16.0. The van der Waals surface area contributed by atoms with Crippen LogP contribution in [-0.4, -0.2) is 4.20 Å². The zero-order valence-corrected chi connectivity index (χ0v) is 14.4. The quantitative estimate of drug-likeness (QED) is 0.590. The predicted molar refractivity (Wildman–Crippen MR) is 95.3 cm³/mol. The van der Waals surface area contributed by atoms with Gasteiger partial charge in [0, 0.05) is 11.2 Å². The second kappa shape index (κ2) is 7.61. The van der Waals surface area contributed by atoms with Gasteiger partial charge in [0.1, 0.15) is 0 Å². The van der Waals surface area contributed by atoms with Crippen molar-refractivity contribution in [1.82, 2.24) is 0 Å². The highest BCUT2D eigenvalue weighted by Gasteiger charge is 2.28. The molecule has 2 rings (SSSR count). The smallest absolute Gasteiger partial charge is 0.0538 e. The Balaban J connectivity index is 1.83. The number of benzene rings is 1. The van der Waals surface area contributed by atoms with Crippen molar-refractivity contribution in [3.8, 4) is 0 Å². The molecule has 0 unspecified atom stereocenters. The minimum Gasteiger partial charge on any atom is -0.114 e. The minimum atomic E-state index is 0.191. The van der Waals surface area contributed by atoms with Crippen molar-refractivity contribution in [2.45, 2.75) is 58.1 Å². The van der Waals surface area contributed by atoms with Crippen molar-refractivity contribution in [2.24, 2.45) is 11.3 Å². The topological polar surface area (TPSA) is 0 Å². The molecule has 1 aliphatic rings. The van der Waals surface area contributed by atoms with Gasteiger partial charge in [-0.05, 0) is 17.9 Å². The second-order valence-corrected chi connectivity index (χ2v) is 8.31. The molecule has 1 saturated carbocycles. The van der Waals surface area contributed by atoms with Crippen LogP contribution in [0, 0.1) is 11.3 Å². The van der Waals surface area contributed by atoms with Gasteiger partial charge in [-0.1, -0.05) is 88.5 Å². The average molecular weight is 307 g/mol. The molecule has 0 bridgehead atoms. The molecule has 0 amide bonds. The third kappa shape index (κ3) is 4.89. The highest BCUT2D eigenvalue weighted by Crippen LogP contribution is 2.38. The molecule has 0 aliphatic heterocycles. The summed E-state index contributed by atoms with van der Waals surface area (Å²) in [5, 5.41) is 0. The fourth-order valence-electron chi connectivity index (χ4n) is 3.11. The molecule has 0 radical (unpaired) electrons. The third-order valence-corrected chi connectivity index (χ3v) is 6.49. The Morgan fingerprint density at radius 3 is 2.45 bits per heavy atom. The summed E-state index contributed by atoms with van der Waals surface area (Å²) in [6, 6.07) is 10.6. The lowest BCUT2D eigenvalue weighted by atomic mass is 9.77. The van der Waals surface area contributed by atoms with Crippen LogP contribution in [0.25, 0.3) is 0 Å². The summed E-state index contributed by atoms with van der Waals surface area (Å²) in [6.45, 7) is 4.67. The Morgan fingerprint density at radius 2 is 1.80 bits per heavy atom. The first-order valence-electron chi connectivity index (χ1n) is 7.79. The molecule has 0 nitrogen and oxygen atoms in total. The van der Waals surface area contributed by atoms with Crippen molar-refractivity contribution in [2.75, 3.05) is 0 Å². The number of hydrogen-bond acceptors (Lipinski definition) is 2. The normalized spacial score (nSPS) is 17.1. The minimum absolute atomic E-state index is 0.191. The molecule has 0 atom stereocenters. The van der Waals surface area contributed by atoms with E-state index in [0.29, 0.717) is 0 Å². The Labute approximate surface area is 133 Å². The van der Waals surface area contributed by atoms with Gasteiger partial charge < -0.3 is 0 Å². The fraction of sp³-hybridized carbons (Fsp3) is 0.611. The van der Waals surface area contributed by atoms with E-state index in [-0.39, 0.29) is 5.41 Å². The van der Waals surface area contributed by atoms with E-state index >= 15 is 0 Å². The SMILES string of the molecule is CC(C)(CC1CCCCC1)C(=S)SCc1ccccc1. The molecule has 0 N–H and O–H groups in total. The maximum atomic E-state index is 5.72. The highest BCUT2D eigenvalue weighted by molar-refractivity contribution is 8.22. The molecule has 2 heteroatoms. The molecule has 0 heterocycles. The Kier molecular flexibility index (Phi) is 6.10. The van der Waals surface area contributed by atoms with Crippen molar-refractivity contribution >= 4 is 28.2 Å². The van der Waals surface area contributed by atoms with Crippen LogP contribution in [0.1, 0.15) is 57.9 Å². The standard InChI is InChI=1S/C18H26S2/c1-18(2,13-15-9-5-3-6-10-15)17(19)20-14-16-11-7-4-8-12-16/h4,7-8,11-12,15H,3,5-6,9-10,13-14H2,1-2H3. The van der Waals surface area contributed by atoms with Crippen LogP contribution in [0.5, 0.6) is 0 Å². The van der Waals surface area contributed by atoms with Crippen molar-refractivity contribution in [3.05, 3.63) is 35.9 Å². The molecular formula is C18H26S2. The third-order valence-electron chi connectivity index (χ3n) is 4.29. The van der Waals surface area contributed by atoms with Crippen LogP contribution in [-0.2, 0) is 5.75 Å². The van der Waals surface area contributed by atoms with E-state index in [0.717, 1.165) is 11.7 Å². The van der Waals surface area contributed by atoms with Crippen molar-refractivity contribution in [1.29, 1.82) is 0 Å². The summed E-state index contributed by atoms with van der Waals surface area (Å²) in [5.41, 5.74) is 1.56. The van der Waals surface area contributed by atoms with Gasteiger partial charge in [0.2, 0.25) is 0 Å². The van der Waals surface area contributed by atoms with Crippen LogP contribution >= 0.6 is 24.0 Å². The van der Waals surface area contributed by atoms with E-state index in [4.69, 9.17) is 12.2 Å². The Hall–Kier alpha value is -0.340. The van der Waals surface area contributed by atoms with E-state index < -0.39 is 0 Å². The lowest BCUT2D eigenvalue weighted by molar-refractivity contribution is 0.279. The first-order chi connectivity index (χ1) is 9.58. The van der Waals surface area contributed by atoms with E-state index in [1.54, 1.807) is 0 Å². The van der Waals surface area contributed by atoms with E-state index in [2.05, 4.69) is 44.2 Å². The summed E-state index contributed by atoms with van der Waals surface area (Å²) in [5.74, 6) is 1.90. The number of thiocarbonyl (C=S) groups is 1. The van der Waals surface area contributed by atoms with Gasteiger partial charge in [0.15, 0.2) is 0 Å². The summed E-state index contributed by atoms with van der Waals surface area (Å²) in [4.78, 5) is 0. The Bertz CT molecular complexity index is 416. The zero-order chi connectivity index (χ0) is 14.4. The molecule has 20 heavy (non-hydrogen) atoms. The van der Waals surface area contributed by atoms with Gasteiger partial charge in [-0.25, -0.2) is 0 Å². The van der Waals surface area contributed by atoms with Crippen LogP contribution in [0.4, 0.5) is 0 Å². The molecule has 0 spiro atoms. The van der Waals surface area contributed by atoms with Crippen molar-refractivity contribution in [3.63, 3.8) is 0 Å². The first-order valence-corrected chi connectivity index (χ1v) is 9.18. The summed E-state index contributed by atoms with van der Waals surface area (Å²) < 4.78 is 1.19. The van der Waals surface area contributed by atoms with E-state index in [9.17, 15) is 0 Å². The summed E-state index contributed by atoms with van der Waals surface area (Å²) in [6.07, 6.45) is 8.37. The van der Waals surface area contributed by atoms with Crippen molar-refractivity contribution < 1.29 is 0 Å². The van der Waals surface area contributed by atoms with Gasteiger partial charge in [-0.3, -0.25) is 0 Å². The van der Waals surface area contributed by atoms with Gasteiger partial charge in [-0.15, -0.1) is 11.8 Å². The summed E-state index contributed by atoms with van der Waals surface area (Å²) >= 11 is 7.58. The maximum absolute atomic E-state index is 5.72. The molecule has 1 aromatic carbocycles. The largest absolute Gasteiger partial charge is 0.114 e. The second-order valence-electron chi connectivity index (χ2n) is 6.65. The molecule has 1 aliphatic carbocycles. The highest BCUT2D eigenvalue weighted by atomic mass is 32.2. The number of rotatable bonds is 5. The maximum Gasteiger partial charge on any atom is 0.0538 e. The lowest BCUT2D eigenvalue weighted by Gasteiger charge is -2.32. The Morgan fingerprint density at radius 1 is 1.15 bits per heavy atom. The monoisotopic (exact) mass is 306 g/mol. The molecule has 0 aromatic heterocycles. The molecule has 0 saturated heterocycles. The van der Waals surface area contributed by atoms with Gasteiger partial charge in [0.05, 0.1) is 4.20 Å². The van der Waals surface area contributed by atoms with Gasteiger partial charge in [-0.2, -0.15) is 0 Å². The lowest BCUT2D eigenvalue weighted by Crippen LogP contribution is -2.25. The number of thioether (sulfide) groups is 1. The van der Waals surface area contributed by atoms with Crippen LogP contribution in [0.2, 0.25) is 0 Å². The predicted octanol–water partition coefficient (Wildman–Crippen LogP) is 6.24. The molecule has 1 aromatic rings. The van der Waals surface area contributed by atoms with Crippen LogP contribution in [0.3, 0.4) is 0 Å².